The van der Waals surface area contributed by atoms with E-state index in [4.69, 9.17) is 28.7 Å². The number of para-hydroxylation sites is 1. The molecule has 0 radical (unpaired) electrons. The number of ketones is 1. The van der Waals surface area contributed by atoms with Gasteiger partial charge in [-0.3, -0.25) is 24.5 Å². The Hall–Kier alpha value is -3.75. The van der Waals surface area contributed by atoms with E-state index in [2.05, 4.69) is 11.9 Å². The van der Waals surface area contributed by atoms with Gasteiger partial charge in [-0.05, 0) is 84.2 Å². The molecule has 13 heteroatoms. The lowest BCUT2D eigenvalue weighted by atomic mass is 9.72. The minimum Gasteiger partial charge on any atom is -0.457 e. The Bertz CT molecular complexity index is 1850. The van der Waals surface area contributed by atoms with Crippen LogP contribution in [0.3, 0.4) is 0 Å². The van der Waals surface area contributed by atoms with Crippen LogP contribution < -0.4 is 0 Å². The average molecular weight is 791 g/mol. The average Bonchev–Trinajstić information content (AvgIpc) is 3.30. The van der Waals surface area contributed by atoms with Crippen molar-refractivity contribution < 1.29 is 43.2 Å². The molecule has 5 heterocycles. The first-order chi connectivity index (χ1) is 27.0. The zero-order valence-electron chi connectivity index (χ0n) is 35.2. The Balaban J connectivity index is 1.44. The van der Waals surface area contributed by atoms with Gasteiger partial charge in [0.15, 0.2) is 17.7 Å². The molecule has 2 aromatic rings. The minimum atomic E-state index is -1.25. The first-order valence-corrected chi connectivity index (χ1v) is 20.5. The quantitative estimate of drug-likeness (QED) is 0.259. The fraction of sp³-hybridized carbons (Fsp3) is 0.659. The van der Waals surface area contributed by atoms with Crippen LogP contribution in [0.5, 0.6) is 0 Å². The SMILES string of the molecule is CC[C@H]1OC(=O)C(C/C=C/c2cnc3ccccc3c2)C(=O)[C@H](C)[C@@H](O[C@@H]2O[C@H](C)C[C@H](N(C)C)[C@H]2O)[C@@](C)(OC)C[C@@H](C)C2=NCCN3C(=O)O[C@@]1(C)[C@H]3[C@H]2C. The third-order valence-electron chi connectivity index (χ3n) is 13.0. The highest BCUT2D eigenvalue weighted by molar-refractivity contribution is 6.01. The summed E-state index contributed by atoms with van der Waals surface area (Å²) in [6, 6.07) is 9.06. The van der Waals surface area contributed by atoms with Gasteiger partial charge < -0.3 is 33.7 Å². The first kappa shape index (κ1) is 42.8. The molecule has 1 unspecified atom stereocenters. The third kappa shape index (κ3) is 8.41. The number of hydrogen-bond acceptors (Lipinski definition) is 12. The maximum atomic E-state index is 15.1. The van der Waals surface area contributed by atoms with Crippen LogP contribution in [0.25, 0.3) is 17.0 Å². The molecule has 1 amide bonds. The summed E-state index contributed by atoms with van der Waals surface area (Å²) in [5.41, 5.74) is 0.206. The lowest BCUT2D eigenvalue weighted by Crippen LogP contribution is -2.60. The second kappa shape index (κ2) is 17.2. The van der Waals surface area contributed by atoms with Gasteiger partial charge in [-0.1, -0.05) is 58.0 Å². The Morgan fingerprint density at radius 3 is 2.53 bits per heavy atom. The van der Waals surface area contributed by atoms with Crippen molar-refractivity contribution in [1.29, 1.82) is 0 Å². The number of aliphatic hydroxyl groups is 1. The van der Waals surface area contributed by atoms with Crippen LogP contribution in [-0.4, -0.2) is 132 Å². The van der Waals surface area contributed by atoms with Crippen molar-refractivity contribution in [2.24, 2.45) is 28.7 Å². The molecule has 4 aliphatic rings. The number of amides is 1. The number of likely N-dealkylation sites (N-methyl/N-ethyl adjacent to an activating group) is 1. The summed E-state index contributed by atoms with van der Waals surface area (Å²) < 4.78 is 32.0. The number of aliphatic imine (C=N–C) groups is 1. The molecular weight excluding hydrogens is 729 g/mol. The van der Waals surface area contributed by atoms with Crippen molar-refractivity contribution in [2.45, 2.75) is 128 Å². The number of methoxy groups -OCH3 is 1. The second-order valence-corrected chi connectivity index (χ2v) is 17.2. The third-order valence-corrected chi connectivity index (χ3v) is 13.0. The summed E-state index contributed by atoms with van der Waals surface area (Å²) in [4.78, 5) is 56.5. The lowest BCUT2D eigenvalue weighted by molar-refractivity contribution is -0.295. The molecule has 4 aliphatic heterocycles. The highest BCUT2D eigenvalue weighted by Crippen LogP contribution is 2.44. The topological polar surface area (TPSA) is 149 Å². The minimum absolute atomic E-state index is 0.0274. The molecule has 1 N–H and O–H groups in total. The molecule has 6 rings (SSSR count). The van der Waals surface area contributed by atoms with Crippen molar-refractivity contribution in [3.8, 4) is 0 Å². The molecule has 1 aromatic carbocycles. The van der Waals surface area contributed by atoms with E-state index in [-0.39, 0.29) is 30.4 Å². The number of fused-ring (bicyclic) bond motifs is 2. The number of carbonyl (C=O) groups excluding carboxylic acids is 3. The largest absolute Gasteiger partial charge is 0.457 e. The summed E-state index contributed by atoms with van der Waals surface area (Å²) >= 11 is 0. The summed E-state index contributed by atoms with van der Waals surface area (Å²) in [6.07, 6.45) is 2.11. The molecule has 3 saturated heterocycles. The van der Waals surface area contributed by atoms with E-state index in [1.807, 2.05) is 90.0 Å². The standard InChI is InChI=1S/C44H62N4O9/c1-11-34-44(7)38-27(4)35(45-19-20-48(38)42(52)57-44)25(2)23-43(6,53-10)39(56-41-37(50)33(47(8)9)21-26(3)54-41)28(5)36(49)31(40(51)55-34)17-14-15-29-22-30-16-12-13-18-32(30)46-24-29/h12-16,18,22,24-28,31,33-34,37-39,41,50H,11,17,19-21,23H2,1-10H3/b15-14+/t25-,26-,27+,28+,31?,33+,34-,37-,38-,39-,41+,43+,44-/m1/s1. The van der Waals surface area contributed by atoms with Crippen LogP contribution >= 0.6 is 0 Å². The van der Waals surface area contributed by atoms with Crippen molar-refractivity contribution in [3.63, 3.8) is 0 Å². The molecule has 13 atom stereocenters. The maximum Gasteiger partial charge on any atom is 0.410 e. The van der Waals surface area contributed by atoms with Gasteiger partial charge in [0.05, 0.1) is 35.9 Å². The van der Waals surface area contributed by atoms with Gasteiger partial charge in [-0.2, -0.15) is 0 Å². The van der Waals surface area contributed by atoms with Gasteiger partial charge in [-0.15, -0.1) is 0 Å². The fourth-order valence-corrected chi connectivity index (χ4v) is 9.94. The number of cyclic esters (lactones) is 1. The second-order valence-electron chi connectivity index (χ2n) is 17.2. The molecule has 1 aromatic heterocycles. The number of ether oxygens (including phenoxy) is 5. The van der Waals surface area contributed by atoms with Gasteiger partial charge in [0, 0.05) is 48.8 Å². The first-order valence-electron chi connectivity index (χ1n) is 20.5. The van der Waals surface area contributed by atoms with Crippen LogP contribution in [-0.2, 0) is 33.3 Å². The van der Waals surface area contributed by atoms with Crippen LogP contribution in [0.1, 0.15) is 79.7 Å². The number of aromatic nitrogens is 1. The van der Waals surface area contributed by atoms with E-state index in [0.29, 0.717) is 32.4 Å². The number of pyridine rings is 1. The van der Waals surface area contributed by atoms with Gasteiger partial charge in [0.1, 0.15) is 18.1 Å². The number of aliphatic hydroxyl groups excluding tert-OH is 1. The van der Waals surface area contributed by atoms with Gasteiger partial charge in [0.2, 0.25) is 0 Å². The molecule has 0 saturated carbocycles. The number of carbonyl (C=O) groups is 3. The van der Waals surface area contributed by atoms with E-state index in [0.717, 1.165) is 22.2 Å². The summed E-state index contributed by atoms with van der Waals surface area (Å²) in [6.45, 7) is 14.2. The molecule has 312 valence electrons. The smallest absolute Gasteiger partial charge is 0.410 e. The van der Waals surface area contributed by atoms with Crippen LogP contribution in [0, 0.1) is 23.7 Å². The number of allylic oxidation sites excluding steroid dienone is 1. The van der Waals surface area contributed by atoms with Crippen molar-refractivity contribution in [2.75, 3.05) is 34.3 Å². The fourth-order valence-electron chi connectivity index (χ4n) is 9.94. The summed E-state index contributed by atoms with van der Waals surface area (Å²) in [5.74, 6) is -3.77. The predicted molar refractivity (Wildman–Crippen MR) is 217 cm³/mol. The Morgan fingerprint density at radius 1 is 1.09 bits per heavy atom. The Morgan fingerprint density at radius 2 is 1.82 bits per heavy atom. The number of Topliss-reactive ketones (excluding diaryl/α,β-unsaturated/α-hetero) is 1. The molecule has 13 nitrogen and oxygen atoms in total. The highest BCUT2D eigenvalue weighted by Gasteiger charge is 2.60. The van der Waals surface area contributed by atoms with E-state index in [1.54, 1.807) is 31.2 Å². The maximum absolute atomic E-state index is 15.1. The number of benzene rings is 1. The number of hydrogen-bond donors (Lipinski definition) is 1. The van der Waals surface area contributed by atoms with E-state index in [1.165, 1.54) is 0 Å². The van der Waals surface area contributed by atoms with E-state index < -0.39 is 71.5 Å². The zero-order chi connectivity index (χ0) is 41.4. The van der Waals surface area contributed by atoms with Crippen LogP contribution in [0.4, 0.5) is 4.79 Å². The molecule has 0 spiro atoms. The summed E-state index contributed by atoms with van der Waals surface area (Å²) in [7, 11) is 5.40. The number of esters is 1. The van der Waals surface area contributed by atoms with Crippen LogP contribution in [0.15, 0.2) is 47.6 Å². The van der Waals surface area contributed by atoms with Gasteiger partial charge in [-0.25, -0.2) is 4.79 Å². The zero-order valence-corrected chi connectivity index (χ0v) is 35.2. The van der Waals surface area contributed by atoms with Crippen molar-refractivity contribution >= 4 is 40.5 Å². The van der Waals surface area contributed by atoms with E-state index in [9.17, 15) is 14.7 Å². The van der Waals surface area contributed by atoms with Crippen molar-refractivity contribution in [1.82, 2.24) is 14.8 Å². The molecule has 57 heavy (non-hydrogen) atoms. The summed E-state index contributed by atoms with van der Waals surface area (Å²) in [5, 5.41) is 12.6. The monoisotopic (exact) mass is 790 g/mol. The van der Waals surface area contributed by atoms with Crippen molar-refractivity contribution in [3.05, 3.63) is 48.2 Å². The predicted octanol–water partition coefficient (Wildman–Crippen LogP) is 5.71. The van der Waals surface area contributed by atoms with Crippen LogP contribution in [0.2, 0.25) is 0 Å². The molecule has 0 aliphatic carbocycles. The van der Waals surface area contributed by atoms with Gasteiger partial charge >= 0.3 is 12.1 Å². The Kier molecular flexibility index (Phi) is 13.0. The molecule has 2 bridgehead atoms. The lowest BCUT2D eigenvalue weighted by Gasteiger charge is -2.47. The number of nitrogens with zero attached hydrogens (tertiary/aromatic N) is 4. The number of rotatable bonds is 8. The van der Waals surface area contributed by atoms with Gasteiger partial charge in [0.25, 0.3) is 0 Å². The molecular formula is C44H62N4O9. The normalized spacial score (nSPS) is 38.2. The highest BCUT2D eigenvalue weighted by atomic mass is 16.7. The van der Waals surface area contributed by atoms with E-state index >= 15 is 4.79 Å². The Labute approximate surface area is 337 Å². The molecule has 3 fully saturated rings.